The summed E-state index contributed by atoms with van der Waals surface area (Å²) in [5.41, 5.74) is 2.09. The van der Waals surface area contributed by atoms with Crippen LogP contribution in [0.25, 0.3) is 21.9 Å². The minimum atomic E-state index is -1.31. The SMILES string of the molecule is CCn1cc(C(=O)O)c(=O)c2cc(F)c(N3CCN(Cc4nc5ccccc5n4CC)CC3)cc21. The van der Waals surface area contributed by atoms with Crippen LogP contribution in [0, 0.1) is 5.82 Å². The van der Waals surface area contributed by atoms with Gasteiger partial charge in [0.05, 0.1) is 28.8 Å². The number of piperazine rings is 1. The van der Waals surface area contributed by atoms with E-state index in [1.165, 1.54) is 12.3 Å². The Morgan fingerprint density at radius 3 is 2.49 bits per heavy atom. The Balaban J connectivity index is 1.38. The molecule has 0 bridgehead atoms. The summed E-state index contributed by atoms with van der Waals surface area (Å²) in [4.78, 5) is 33.2. The number of rotatable bonds is 6. The van der Waals surface area contributed by atoms with E-state index in [4.69, 9.17) is 4.98 Å². The highest BCUT2D eigenvalue weighted by molar-refractivity contribution is 5.93. The molecule has 0 atom stereocenters. The van der Waals surface area contributed by atoms with E-state index >= 15 is 4.39 Å². The van der Waals surface area contributed by atoms with Gasteiger partial charge in [-0.1, -0.05) is 12.1 Å². The monoisotopic (exact) mass is 477 g/mol. The van der Waals surface area contributed by atoms with E-state index in [2.05, 4.69) is 22.5 Å². The van der Waals surface area contributed by atoms with Gasteiger partial charge in [-0.2, -0.15) is 0 Å². The van der Waals surface area contributed by atoms with Crippen molar-refractivity contribution in [2.24, 2.45) is 0 Å². The standard InChI is InChI=1S/C26H28FN5O3/c1-3-30-15-18(26(34)35)25(33)17-13-19(27)23(14-22(17)30)31-11-9-29(10-12-31)16-24-28-20-7-5-6-8-21(20)32(24)4-2/h5-8,13-15H,3-4,9-12,16H2,1-2H3,(H,34,35). The first-order chi connectivity index (χ1) is 16.9. The molecule has 0 unspecified atom stereocenters. The normalized spacial score (nSPS) is 14.8. The van der Waals surface area contributed by atoms with Crippen molar-refractivity contribution in [2.45, 2.75) is 33.5 Å². The molecule has 1 fully saturated rings. The predicted octanol–water partition coefficient (Wildman–Crippen LogP) is 3.55. The van der Waals surface area contributed by atoms with Crippen LogP contribution in [0.1, 0.15) is 30.0 Å². The van der Waals surface area contributed by atoms with E-state index in [1.54, 1.807) is 10.6 Å². The Hall–Kier alpha value is -3.72. The van der Waals surface area contributed by atoms with Crippen LogP contribution in [0.5, 0.6) is 0 Å². The molecular weight excluding hydrogens is 449 g/mol. The molecule has 0 amide bonds. The molecular formula is C26H28FN5O3. The number of carbonyl (C=O) groups is 1. The summed E-state index contributed by atoms with van der Waals surface area (Å²) in [6.07, 6.45) is 1.34. The highest BCUT2D eigenvalue weighted by atomic mass is 19.1. The van der Waals surface area contributed by atoms with E-state index in [0.29, 0.717) is 30.8 Å². The highest BCUT2D eigenvalue weighted by Crippen LogP contribution is 2.27. The first-order valence-corrected chi connectivity index (χ1v) is 11.9. The lowest BCUT2D eigenvalue weighted by molar-refractivity contribution is 0.0695. The van der Waals surface area contributed by atoms with Crippen molar-refractivity contribution in [1.82, 2.24) is 19.0 Å². The molecule has 4 aromatic rings. The zero-order valence-corrected chi connectivity index (χ0v) is 19.9. The maximum atomic E-state index is 15.1. The number of imidazole rings is 1. The first kappa shape index (κ1) is 23.0. The van der Waals surface area contributed by atoms with E-state index in [9.17, 15) is 14.7 Å². The molecule has 2 aromatic heterocycles. The van der Waals surface area contributed by atoms with Gasteiger partial charge in [0.15, 0.2) is 0 Å². The maximum Gasteiger partial charge on any atom is 0.341 e. The second-order valence-corrected chi connectivity index (χ2v) is 8.81. The number of benzene rings is 2. The lowest BCUT2D eigenvalue weighted by atomic mass is 10.1. The molecule has 0 aliphatic carbocycles. The Morgan fingerprint density at radius 2 is 1.80 bits per heavy atom. The Kier molecular flexibility index (Phi) is 6.02. The quantitative estimate of drug-likeness (QED) is 0.457. The molecule has 0 radical (unpaired) electrons. The fraction of sp³-hybridized carbons (Fsp3) is 0.346. The number of fused-ring (bicyclic) bond motifs is 2. The number of carboxylic acids is 1. The number of para-hydroxylation sites is 2. The smallest absolute Gasteiger partial charge is 0.341 e. The predicted molar refractivity (Wildman–Crippen MR) is 134 cm³/mol. The van der Waals surface area contributed by atoms with Crippen molar-refractivity contribution in [3.63, 3.8) is 0 Å². The summed E-state index contributed by atoms with van der Waals surface area (Å²) in [7, 11) is 0. The molecule has 0 saturated carbocycles. The topological polar surface area (TPSA) is 83.6 Å². The number of pyridine rings is 1. The van der Waals surface area contributed by atoms with Crippen LogP contribution in [-0.4, -0.2) is 56.3 Å². The average molecular weight is 478 g/mol. The van der Waals surface area contributed by atoms with E-state index < -0.39 is 17.2 Å². The Labute approximate surface area is 201 Å². The number of nitrogens with zero attached hydrogens (tertiary/aromatic N) is 5. The molecule has 3 heterocycles. The third-order valence-electron chi connectivity index (χ3n) is 6.85. The number of aryl methyl sites for hydroxylation is 2. The minimum absolute atomic E-state index is 0.0881. The Morgan fingerprint density at radius 1 is 1.06 bits per heavy atom. The van der Waals surface area contributed by atoms with Crippen LogP contribution >= 0.6 is 0 Å². The van der Waals surface area contributed by atoms with Crippen molar-refractivity contribution < 1.29 is 14.3 Å². The van der Waals surface area contributed by atoms with Gasteiger partial charge in [0.1, 0.15) is 17.2 Å². The summed E-state index contributed by atoms with van der Waals surface area (Å²) >= 11 is 0. The zero-order valence-electron chi connectivity index (χ0n) is 19.9. The zero-order chi connectivity index (χ0) is 24.7. The van der Waals surface area contributed by atoms with Crippen LogP contribution in [0.2, 0.25) is 0 Å². The van der Waals surface area contributed by atoms with Gasteiger partial charge in [-0.25, -0.2) is 14.2 Å². The number of hydrogen-bond donors (Lipinski definition) is 1. The van der Waals surface area contributed by atoms with Crippen LogP contribution in [-0.2, 0) is 19.6 Å². The second-order valence-electron chi connectivity index (χ2n) is 8.81. The van der Waals surface area contributed by atoms with Crippen molar-refractivity contribution in [3.05, 3.63) is 70.0 Å². The fourth-order valence-electron chi connectivity index (χ4n) is 5.00. The van der Waals surface area contributed by atoms with Gasteiger partial charge in [0, 0.05) is 50.9 Å². The van der Waals surface area contributed by atoms with E-state index in [0.717, 1.165) is 43.0 Å². The number of aromatic carboxylic acids is 1. The molecule has 0 spiro atoms. The summed E-state index contributed by atoms with van der Waals surface area (Å²) in [6.45, 7) is 8.80. The number of anilines is 1. The second kappa shape index (κ2) is 9.14. The van der Waals surface area contributed by atoms with Gasteiger partial charge < -0.3 is 19.1 Å². The third-order valence-corrected chi connectivity index (χ3v) is 6.85. The maximum absolute atomic E-state index is 15.1. The van der Waals surface area contributed by atoms with Gasteiger partial charge in [-0.05, 0) is 38.1 Å². The fourth-order valence-corrected chi connectivity index (χ4v) is 5.00. The molecule has 182 valence electrons. The van der Waals surface area contributed by atoms with Gasteiger partial charge in [0.25, 0.3) is 0 Å². The average Bonchev–Trinajstić information content (AvgIpc) is 3.21. The number of aromatic nitrogens is 3. The molecule has 1 saturated heterocycles. The van der Waals surface area contributed by atoms with Crippen LogP contribution in [0.3, 0.4) is 0 Å². The van der Waals surface area contributed by atoms with E-state index in [1.807, 2.05) is 30.0 Å². The van der Waals surface area contributed by atoms with Crippen molar-refractivity contribution in [2.75, 3.05) is 31.1 Å². The number of carboxylic acid groups (broad SMARTS) is 1. The minimum Gasteiger partial charge on any atom is -0.477 e. The summed E-state index contributed by atoms with van der Waals surface area (Å²) in [6, 6.07) is 11.0. The largest absolute Gasteiger partial charge is 0.477 e. The molecule has 5 rings (SSSR count). The lowest BCUT2D eigenvalue weighted by Gasteiger charge is -2.36. The van der Waals surface area contributed by atoms with Gasteiger partial charge in [0.2, 0.25) is 5.43 Å². The molecule has 1 N–H and O–H groups in total. The molecule has 1 aliphatic rings. The highest BCUT2D eigenvalue weighted by Gasteiger charge is 2.23. The van der Waals surface area contributed by atoms with Crippen LogP contribution in [0.4, 0.5) is 10.1 Å². The van der Waals surface area contributed by atoms with Crippen LogP contribution < -0.4 is 10.3 Å². The molecule has 9 heteroatoms. The van der Waals surface area contributed by atoms with E-state index in [-0.39, 0.29) is 10.9 Å². The van der Waals surface area contributed by atoms with Crippen molar-refractivity contribution >= 4 is 33.6 Å². The third kappa shape index (κ3) is 4.05. The summed E-state index contributed by atoms with van der Waals surface area (Å²) in [5, 5.41) is 9.44. The van der Waals surface area contributed by atoms with Gasteiger partial charge in [-0.15, -0.1) is 0 Å². The molecule has 35 heavy (non-hydrogen) atoms. The van der Waals surface area contributed by atoms with Crippen LogP contribution in [0.15, 0.2) is 47.4 Å². The van der Waals surface area contributed by atoms with Gasteiger partial charge >= 0.3 is 5.97 Å². The Bertz CT molecular complexity index is 1480. The lowest BCUT2D eigenvalue weighted by Crippen LogP contribution is -2.46. The molecule has 8 nitrogen and oxygen atoms in total. The molecule has 1 aliphatic heterocycles. The van der Waals surface area contributed by atoms with Crippen molar-refractivity contribution in [1.29, 1.82) is 0 Å². The summed E-state index contributed by atoms with van der Waals surface area (Å²) in [5.74, 6) is -0.794. The number of hydrogen-bond acceptors (Lipinski definition) is 5. The summed E-state index contributed by atoms with van der Waals surface area (Å²) < 4.78 is 19.1. The van der Waals surface area contributed by atoms with Gasteiger partial charge in [-0.3, -0.25) is 9.69 Å². The van der Waals surface area contributed by atoms with Crippen molar-refractivity contribution in [3.8, 4) is 0 Å². The number of halogens is 1. The molecule has 2 aromatic carbocycles. The first-order valence-electron chi connectivity index (χ1n) is 11.9.